The summed E-state index contributed by atoms with van der Waals surface area (Å²) in [6.07, 6.45) is 1.67. The maximum atomic E-state index is 10.6. The topological polar surface area (TPSA) is 67.2 Å². The van der Waals surface area contributed by atoms with Crippen molar-refractivity contribution in [3.8, 4) is 0 Å². The first kappa shape index (κ1) is 10.7. The Kier molecular flexibility index (Phi) is 3.64. The van der Waals surface area contributed by atoms with Crippen molar-refractivity contribution in [2.45, 2.75) is 26.4 Å². The molecule has 2 N–H and O–H groups in total. The van der Waals surface area contributed by atoms with Gasteiger partial charge in [0.1, 0.15) is 0 Å². The number of carbonyl (C=O) groups is 1. The van der Waals surface area contributed by atoms with Gasteiger partial charge in [-0.1, -0.05) is 0 Å². The lowest BCUT2D eigenvalue weighted by Gasteiger charge is -2.05. The largest absolute Gasteiger partial charge is 0.481 e. The highest BCUT2D eigenvalue weighted by molar-refractivity contribution is 5.70. The Hall–Kier alpha value is -1.36. The quantitative estimate of drug-likeness (QED) is 0.710. The molecule has 1 aromatic heterocycles. The average molecular weight is 197 g/mol. The summed E-state index contributed by atoms with van der Waals surface area (Å²) in [5.74, 6) is -0.821. The van der Waals surface area contributed by atoms with Gasteiger partial charge in [0.15, 0.2) is 0 Å². The van der Waals surface area contributed by atoms with Gasteiger partial charge in [-0.05, 0) is 14.0 Å². The van der Waals surface area contributed by atoms with Crippen molar-refractivity contribution in [2.24, 2.45) is 0 Å². The van der Waals surface area contributed by atoms with Crippen molar-refractivity contribution < 1.29 is 9.90 Å². The van der Waals surface area contributed by atoms with Crippen molar-refractivity contribution in [3.05, 3.63) is 17.5 Å². The number of nitrogens with zero attached hydrogens (tertiary/aromatic N) is 2. The van der Waals surface area contributed by atoms with Crippen LogP contribution in [-0.4, -0.2) is 27.9 Å². The number of carboxylic acids is 1. The summed E-state index contributed by atoms with van der Waals surface area (Å²) in [5, 5.41) is 15.8. The first-order valence-electron chi connectivity index (χ1n) is 4.59. The Morgan fingerprint density at radius 3 is 2.93 bits per heavy atom. The molecule has 0 spiro atoms. The average Bonchev–Trinajstić information content (AvgIpc) is 2.48. The Balaban J connectivity index is 2.91. The second-order valence-electron chi connectivity index (χ2n) is 3.03. The SMILES string of the molecule is CCn1ncc(CC(=O)O)c1CNC. The molecule has 0 saturated carbocycles. The van der Waals surface area contributed by atoms with Gasteiger partial charge in [0.05, 0.1) is 18.3 Å². The lowest BCUT2D eigenvalue weighted by Crippen LogP contribution is -2.14. The molecule has 0 amide bonds. The molecule has 1 rings (SSSR count). The number of aromatic nitrogens is 2. The van der Waals surface area contributed by atoms with Crippen molar-refractivity contribution in [3.63, 3.8) is 0 Å². The zero-order chi connectivity index (χ0) is 10.6. The molecular formula is C9H15N3O2. The fourth-order valence-corrected chi connectivity index (χ4v) is 1.40. The van der Waals surface area contributed by atoms with Crippen LogP contribution in [0.5, 0.6) is 0 Å². The molecule has 0 aliphatic heterocycles. The summed E-state index contributed by atoms with van der Waals surface area (Å²) in [4.78, 5) is 10.6. The van der Waals surface area contributed by atoms with Crippen LogP contribution in [-0.2, 0) is 24.3 Å². The van der Waals surface area contributed by atoms with E-state index in [4.69, 9.17) is 5.11 Å². The molecule has 0 aliphatic carbocycles. The molecule has 78 valence electrons. The highest BCUT2D eigenvalue weighted by atomic mass is 16.4. The van der Waals surface area contributed by atoms with Gasteiger partial charge in [-0.25, -0.2) is 0 Å². The minimum Gasteiger partial charge on any atom is -0.481 e. The maximum absolute atomic E-state index is 10.6. The van der Waals surface area contributed by atoms with Crippen LogP contribution in [0.1, 0.15) is 18.2 Å². The predicted molar refractivity (Wildman–Crippen MR) is 52.0 cm³/mol. The third-order valence-corrected chi connectivity index (χ3v) is 2.02. The normalized spacial score (nSPS) is 10.4. The minimum absolute atomic E-state index is 0.0387. The zero-order valence-electron chi connectivity index (χ0n) is 8.45. The molecule has 5 heteroatoms. The molecule has 0 atom stereocenters. The molecule has 0 aliphatic rings. The number of aryl methyl sites for hydroxylation is 1. The third kappa shape index (κ3) is 2.32. The highest BCUT2D eigenvalue weighted by Crippen LogP contribution is 2.09. The van der Waals surface area contributed by atoms with Crippen LogP contribution in [0.2, 0.25) is 0 Å². The highest BCUT2D eigenvalue weighted by Gasteiger charge is 2.11. The van der Waals surface area contributed by atoms with Crippen molar-refractivity contribution in [1.82, 2.24) is 15.1 Å². The molecule has 0 unspecified atom stereocenters. The van der Waals surface area contributed by atoms with Crippen LogP contribution in [0.4, 0.5) is 0 Å². The van der Waals surface area contributed by atoms with E-state index in [2.05, 4.69) is 10.4 Å². The Bertz CT molecular complexity index is 320. The molecule has 0 fully saturated rings. The van der Waals surface area contributed by atoms with Crippen LogP contribution >= 0.6 is 0 Å². The van der Waals surface area contributed by atoms with Crippen molar-refractivity contribution >= 4 is 5.97 Å². The first-order chi connectivity index (χ1) is 6.69. The molecule has 0 bridgehead atoms. The van der Waals surface area contributed by atoms with Gasteiger partial charge in [-0.2, -0.15) is 5.10 Å². The van der Waals surface area contributed by atoms with E-state index >= 15 is 0 Å². The van der Waals surface area contributed by atoms with Crippen LogP contribution in [0.15, 0.2) is 6.20 Å². The van der Waals surface area contributed by atoms with Gasteiger partial charge in [0, 0.05) is 18.7 Å². The van der Waals surface area contributed by atoms with Crippen LogP contribution in [0.3, 0.4) is 0 Å². The lowest BCUT2D eigenvalue weighted by molar-refractivity contribution is -0.136. The number of hydrogen-bond acceptors (Lipinski definition) is 3. The van der Waals surface area contributed by atoms with Crippen LogP contribution < -0.4 is 5.32 Å². The van der Waals surface area contributed by atoms with Gasteiger partial charge in [0.2, 0.25) is 0 Å². The number of aliphatic carboxylic acids is 1. The zero-order valence-corrected chi connectivity index (χ0v) is 8.45. The van der Waals surface area contributed by atoms with E-state index in [1.807, 2.05) is 18.7 Å². The minimum atomic E-state index is -0.821. The van der Waals surface area contributed by atoms with E-state index in [9.17, 15) is 4.79 Å². The van der Waals surface area contributed by atoms with Gasteiger partial charge in [-0.3, -0.25) is 9.48 Å². The molecule has 0 saturated heterocycles. The summed E-state index contributed by atoms with van der Waals surface area (Å²) in [7, 11) is 1.83. The van der Waals surface area contributed by atoms with Crippen LogP contribution in [0.25, 0.3) is 0 Å². The molecule has 0 aromatic carbocycles. The molecule has 1 heterocycles. The maximum Gasteiger partial charge on any atom is 0.307 e. The van der Waals surface area contributed by atoms with Gasteiger partial charge < -0.3 is 10.4 Å². The van der Waals surface area contributed by atoms with E-state index in [1.54, 1.807) is 6.20 Å². The van der Waals surface area contributed by atoms with E-state index in [0.717, 1.165) is 17.8 Å². The van der Waals surface area contributed by atoms with E-state index in [-0.39, 0.29) is 6.42 Å². The van der Waals surface area contributed by atoms with Gasteiger partial charge in [-0.15, -0.1) is 0 Å². The van der Waals surface area contributed by atoms with Crippen molar-refractivity contribution in [1.29, 1.82) is 0 Å². The lowest BCUT2D eigenvalue weighted by atomic mass is 10.2. The first-order valence-corrected chi connectivity index (χ1v) is 4.59. The molecule has 14 heavy (non-hydrogen) atoms. The van der Waals surface area contributed by atoms with E-state index in [0.29, 0.717) is 6.54 Å². The summed E-state index contributed by atoms with van der Waals surface area (Å²) in [6.45, 7) is 3.39. The summed E-state index contributed by atoms with van der Waals surface area (Å²) < 4.78 is 1.81. The fourth-order valence-electron chi connectivity index (χ4n) is 1.40. The predicted octanol–water partition coefficient (Wildman–Crippen LogP) is 0.250. The van der Waals surface area contributed by atoms with Gasteiger partial charge in [0.25, 0.3) is 0 Å². The Morgan fingerprint density at radius 1 is 1.71 bits per heavy atom. The fraction of sp³-hybridized carbons (Fsp3) is 0.556. The van der Waals surface area contributed by atoms with Crippen molar-refractivity contribution in [2.75, 3.05) is 7.05 Å². The Morgan fingerprint density at radius 2 is 2.43 bits per heavy atom. The second kappa shape index (κ2) is 4.76. The third-order valence-electron chi connectivity index (χ3n) is 2.02. The summed E-state index contributed by atoms with van der Waals surface area (Å²) in [5.41, 5.74) is 1.74. The molecule has 0 radical (unpaired) electrons. The number of nitrogens with one attached hydrogen (secondary N) is 1. The number of hydrogen-bond donors (Lipinski definition) is 2. The smallest absolute Gasteiger partial charge is 0.307 e. The molecular weight excluding hydrogens is 182 g/mol. The summed E-state index contributed by atoms with van der Waals surface area (Å²) in [6, 6.07) is 0. The van der Waals surface area contributed by atoms with Gasteiger partial charge >= 0.3 is 5.97 Å². The van der Waals surface area contributed by atoms with Crippen LogP contribution in [0, 0.1) is 0 Å². The van der Waals surface area contributed by atoms with E-state index in [1.165, 1.54) is 0 Å². The monoisotopic (exact) mass is 197 g/mol. The number of carboxylic acid groups (broad SMARTS) is 1. The molecule has 1 aromatic rings. The molecule has 5 nitrogen and oxygen atoms in total. The second-order valence-corrected chi connectivity index (χ2v) is 3.03. The standard InChI is InChI=1S/C9H15N3O2/c1-3-12-8(6-10-2)7(5-11-12)4-9(13)14/h5,10H,3-4,6H2,1-2H3,(H,13,14). The number of rotatable bonds is 5. The summed E-state index contributed by atoms with van der Waals surface area (Å²) >= 11 is 0. The van der Waals surface area contributed by atoms with E-state index < -0.39 is 5.97 Å². The Labute approximate surface area is 82.7 Å².